The van der Waals surface area contributed by atoms with Crippen molar-refractivity contribution in [2.75, 3.05) is 0 Å². The van der Waals surface area contributed by atoms with E-state index in [9.17, 15) is 0 Å². The van der Waals surface area contributed by atoms with E-state index in [0.717, 1.165) is 12.8 Å². The Labute approximate surface area is 110 Å². The molecule has 3 heteroatoms. The Kier molecular flexibility index (Phi) is 2.51. The summed E-state index contributed by atoms with van der Waals surface area (Å²) in [6, 6.07) is 0. The molecule has 0 saturated carbocycles. The third-order valence-electron chi connectivity index (χ3n) is 5.04. The molecule has 0 N–H and O–H groups in total. The highest BCUT2D eigenvalue weighted by Gasteiger charge is 2.68. The average Bonchev–Trinajstić information content (AvgIpc) is 2.59. The molecule has 0 amide bonds. The summed E-state index contributed by atoms with van der Waals surface area (Å²) in [4.78, 5) is 0. The largest absolute Gasteiger partial charge is 0.363 e. The smallest absolute Gasteiger partial charge is 0.164 e. The summed E-state index contributed by atoms with van der Waals surface area (Å²) in [5.41, 5.74) is -0.360. The molecule has 0 aromatic heterocycles. The maximum atomic E-state index is 6.36. The second-order valence-electron chi connectivity index (χ2n) is 7.62. The van der Waals surface area contributed by atoms with E-state index in [1.165, 1.54) is 0 Å². The highest BCUT2D eigenvalue weighted by Crippen LogP contribution is 2.57. The Morgan fingerprint density at radius 3 is 1.72 bits per heavy atom. The fourth-order valence-electron chi connectivity index (χ4n) is 4.20. The Morgan fingerprint density at radius 1 is 0.889 bits per heavy atom. The molecule has 18 heavy (non-hydrogen) atoms. The van der Waals surface area contributed by atoms with Crippen molar-refractivity contribution in [3.05, 3.63) is 0 Å². The zero-order chi connectivity index (χ0) is 13.3. The molecular formula is C15H26O3. The SMILES string of the molecule is CC(C)C1C[C@@]2(C)O[C@@](C)(C1)[C@@H]1OC(C)(C)O[C@@H]12. The third-order valence-corrected chi connectivity index (χ3v) is 5.04. The summed E-state index contributed by atoms with van der Waals surface area (Å²) >= 11 is 0. The summed E-state index contributed by atoms with van der Waals surface area (Å²) in [5, 5.41) is 0. The zero-order valence-corrected chi connectivity index (χ0v) is 12.4. The van der Waals surface area contributed by atoms with E-state index in [1.807, 2.05) is 13.8 Å². The van der Waals surface area contributed by atoms with Crippen LogP contribution >= 0.6 is 0 Å². The summed E-state index contributed by atoms with van der Waals surface area (Å²) in [7, 11) is 0. The minimum atomic E-state index is -0.466. The molecule has 3 rings (SSSR count). The van der Waals surface area contributed by atoms with Gasteiger partial charge in [-0.3, -0.25) is 0 Å². The predicted octanol–water partition coefficient (Wildman–Crippen LogP) is 3.12. The quantitative estimate of drug-likeness (QED) is 0.719. The first-order valence-electron chi connectivity index (χ1n) is 7.21. The molecule has 3 aliphatic rings. The van der Waals surface area contributed by atoms with E-state index in [2.05, 4.69) is 27.7 Å². The standard InChI is InChI=1S/C15H26O3/c1-9(2)10-7-14(5)11-12(15(6,8-10)18-14)17-13(3,4)16-11/h9-12H,7-8H2,1-6H3/t10?,11-,12+,14+,15-. The molecule has 0 aliphatic carbocycles. The third kappa shape index (κ3) is 1.67. The van der Waals surface area contributed by atoms with Gasteiger partial charge in [-0.15, -0.1) is 0 Å². The maximum Gasteiger partial charge on any atom is 0.164 e. The highest BCUT2D eigenvalue weighted by molar-refractivity contribution is 5.15. The monoisotopic (exact) mass is 254 g/mol. The van der Waals surface area contributed by atoms with Crippen LogP contribution in [0.5, 0.6) is 0 Å². The summed E-state index contributed by atoms with van der Waals surface area (Å²) in [6.07, 6.45) is 2.34. The summed E-state index contributed by atoms with van der Waals surface area (Å²) < 4.78 is 18.6. The first-order chi connectivity index (χ1) is 8.15. The number of rotatable bonds is 1. The molecule has 3 nitrogen and oxygen atoms in total. The van der Waals surface area contributed by atoms with Gasteiger partial charge in [-0.05, 0) is 52.4 Å². The van der Waals surface area contributed by atoms with Gasteiger partial charge in [-0.2, -0.15) is 0 Å². The summed E-state index contributed by atoms with van der Waals surface area (Å²) in [6.45, 7) is 13.0. The van der Waals surface area contributed by atoms with E-state index in [-0.39, 0.29) is 23.4 Å². The minimum absolute atomic E-state index is 0.0845. The molecule has 0 radical (unpaired) electrons. The Balaban J connectivity index is 1.94. The van der Waals surface area contributed by atoms with Gasteiger partial charge in [0.1, 0.15) is 12.2 Å². The van der Waals surface area contributed by atoms with Crippen LogP contribution < -0.4 is 0 Å². The maximum absolute atomic E-state index is 6.36. The fourth-order valence-corrected chi connectivity index (χ4v) is 4.20. The second kappa shape index (κ2) is 3.50. The van der Waals surface area contributed by atoms with Crippen LogP contribution in [-0.4, -0.2) is 29.2 Å². The first kappa shape index (κ1) is 12.9. The van der Waals surface area contributed by atoms with E-state index < -0.39 is 5.79 Å². The van der Waals surface area contributed by atoms with Gasteiger partial charge in [-0.25, -0.2) is 0 Å². The van der Waals surface area contributed by atoms with Gasteiger partial charge in [0.2, 0.25) is 0 Å². The average molecular weight is 254 g/mol. The van der Waals surface area contributed by atoms with Crippen molar-refractivity contribution in [1.29, 1.82) is 0 Å². The van der Waals surface area contributed by atoms with Crippen LogP contribution in [-0.2, 0) is 14.2 Å². The van der Waals surface area contributed by atoms with Crippen molar-refractivity contribution in [2.24, 2.45) is 11.8 Å². The van der Waals surface area contributed by atoms with Crippen molar-refractivity contribution in [1.82, 2.24) is 0 Å². The van der Waals surface area contributed by atoms with Crippen molar-refractivity contribution < 1.29 is 14.2 Å². The van der Waals surface area contributed by atoms with E-state index in [0.29, 0.717) is 11.8 Å². The Hall–Kier alpha value is -0.120. The van der Waals surface area contributed by atoms with Gasteiger partial charge < -0.3 is 14.2 Å². The lowest BCUT2D eigenvalue weighted by Crippen LogP contribution is -2.48. The van der Waals surface area contributed by atoms with E-state index in [4.69, 9.17) is 14.2 Å². The molecule has 3 saturated heterocycles. The lowest BCUT2D eigenvalue weighted by atomic mass is 9.78. The molecule has 104 valence electrons. The molecule has 3 aliphatic heterocycles. The number of hydrogen-bond acceptors (Lipinski definition) is 3. The van der Waals surface area contributed by atoms with Crippen molar-refractivity contribution in [3.8, 4) is 0 Å². The van der Waals surface area contributed by atoms with Gasteiger partial charge in [-0.1, -0.05) is 13.8 Å². The second-order valence-corrected chi connectivity index (χ2v) is 7.62. The van der Waals surface area contributed by atoms with Crippen molar-refractivity contribution in [2.45, 2.75) is 83.6 Å². The molecular weight excluding hydrogens is 228 g/mol. The fraction of sp³-hybridized carbons (Fsp3) is 1.00. The molecule has 0 spiro atoms. The normalized spacial score (nSPS) is 53.8. The van der Waals surface area contributed by atoms with Crippen molar-refractivity contribution >= 4 is 0 Å². The number of hydrogen-bond donors (Lipinski definition) is 0. The number of fused-ring (bicyclic) bond motifs is 5. The Bertz CT molecular complexity index is 337. The lowest BCUT2D eigenvalue weighted by Gasteiger charge is -2.44. The highest BCUT2D eigenvalue weighted by atomic mass is 16.8. The topological polar surface area (TPSA) is 27.7 Å². The molecule has 5 atom stereocenters. The van der Waals surface area contributed by atoms with Crippen LogP contribution in [0.3, 0.4) is 0 Å². The van der Waals surface area contributed by atoms with Crippen LogP contribution in [0.25, 0.3) is 0 Å². The molecule has 1 unspecified atom stereocenters. The Morgan fingerprint density at radius 2 is 1.33 bits per heavy atom. The van der Waals surface area contributed by atoms with Crippen LogP contribution in [0.4, 0.5) is 0 Å². The van der Waals surface area contributed by atoms with Crippen LogP contribution in [0.2, 0.25) is 0 Å². The van der Waals surface area contributed by atoms with E-state index >= 15 is 0 Å². The van der Waals surface area contributed by atoms with Gasteiger partial charge in [0.05, 0.1) is 11.2 Å². The van der Waals surface area contributed by atoms with E-state index in [1.54, 1.807) is 0 Å². The molecule has 3 fully saturated rings. The van der Waals surface area contributed by atoms with Crippen LogP contribution in [0, 0.1) is 11.8 Å². The number of ether oxygens (including phenoxy) is 3. The zero-order valence-electron chi connectivity index (χ0n) is 12.4. The molecule has 0 aromatic carbocycles. The van der Waals surface area contributed by atoms with Crippen LogP contribution in [0.15, 0.2) is 0 Å². The minimum Gasteiger partial charge on any atom is -0.363 e. The van der Waals surface area contributed by atoms with Gasteiger partial charge in [0, 0.05) is 0 Å². The van der Waals surface area contributed by atoms with Gasteiger partial charge in [0.25, 0.3) is 0 Å². The predicted molar refractivity (Wildman–Crippen MR) is 69.3 cm³/mol. The molecule has 0 aromatic rings. The van der Waals surface area contributed by atoms with Gasteiger partial charge in [0.15, 0.2) is 5.79 Å². The summed E-state index contributed by atoms with van der Waals surface area (Å²) in [5.74, 6) is 0.931. The van der Waals surface area contributed by atoms with Gasteiger partial charge >= 0.3 is 0 Å². The van der Waals surface area contributed by atoms with Crippen LogP contribution in [0.1, 0.15) is 54.4 Å². The molecule has 2 bridgehead atoms. The van der Waals surface area contributed by atoms with Crippen molar-refractivity contribution in [3.63, 3.8) is 0 Å². The lowest BCUT2D eigenvalue weighted by molar-refractivity contribution is -0.249. The molecule has 3 heterocycles. The first-order valence-corrected chi connectivity index (χ1v) is 7.21.